The van der Waals surface area contributed by atoms with Crippen LogP contribution in [0.3, 0.4) is 0 Å². The van der Waals surface area contributed by atoms with E-state index in [0.29, 0.717) is 37.5 Å². The van der Waals surface area contributed by atoms with E-state index >= 15 is 0 Å². The predicted octanol–water partition coefficient (Wildman–Crippen LogP) is 1.22. The number of benzene rings is 1. The summed E-state index contributed by atoms with van der Waals surface area (Å²) in [6.07, 6.45) is 2.68. The lowest BCUT2D eigenvalue weighted by Gasteiger charge is -2.25. The molecule has 0 radical (unpaired) electrons. The molecule has 1 unspecified atom stereocenters. The van der Waals surface area contributed by atoms with Gasteiger partial charge in [0, 0.05) is 31.0 Å². The average Bonchev–Trinajstić information content (AvgIpc) is 2.61. The normalized spacial score (nSPS) is 11.1. The topological polar surface area (TPSA) is 95.6 Å². The third-order valence-electron chi connectivity index (χ3n) is 3.70. The van der Waals surface area contributed by atoms with Gasteiger partial charge in [-0.25, -0.2) is 0 Å². The second kappa shape index (κ2) is 9.24. The SMILES string of the molecule is C=C(CCC(C=O)N(C)C(=O)c1ccc(NC=O)cc1C=O)NC. The summed E-state index contributed by atoms with van der Waals surface area (Å²) in [4.78, 5) is 46.9. The molecule has 0 heterocycles. The summed E-state index contributed by atoms with van der Waals surface area (Å²) in [6, 6.07) is 3.74. The average molecular weight is 331 g/mol. The van der Waals surface area contributed by atoms with Crippen LogP contribution in [0.25, 0.3) is 0 Å². The molecular formula is C17H21N3O4. The smallest absolute Gasteiger partial charge is 0.254 e. The molecule has 1 aromatic carbocycles. The van der Waals surface area contributed by atoms with Crippen LogP contribution in [0.1, 0.15) is 33.6 Å². The first-order valence-corrected chi connectivity index (χ1v) is 7.35. The molecule has 0 saturated heterocycles. The van der Waals surface area contributed by atoms with Gasteiger partial charge in [0.15, 0.2) is 6.29 Å². The molecule has 7 nitrogen and oxygen atoms in total. The van der Waals surface area contributed by atoms with Crippen molar-refractivity contribution in [3.63, 3.8) is 0 Å². The number of anilines is 1. The number of aldehydes is 2. The van der Waals surface area contributed by atoms with Crippen LogP contribution in [0, 0.1) is 0 Å². The van der Waals surface area contributed by atoms with Crippen molar-refractivity contribution in [2.75, 3.05) is 19.4 Å². The largest absolute Gasteiger partial charge is 0.392 e. The van der Waals surface area contributed by atoms with Crippen molar-refractivity contribution in [1.82, 2.24) is 10.2 Å². The van der Waals surface area contributed by atoms with Crippen molar-refractivity contribution in [2.24, 2.45) is 0 Å². The zero-order valence-corrected chi connectivity index (χ0v) is 13.7. The maximum atomic E-state index is 12.6. The maximum Gasteiger partial charge on any atom is 0.254 e. The number of carbonyl (C=O) groups is 4. The Bertz CT molecular complexity index is 643. The van der Waals surface area contributed by atoms with Crippen LogP contribution in [0.5, 0.6) is 0 Å². The van der Waals surface area contributed by atoms with Gasteiger partial charge in [0.2, 0.25) is 6.41 Å². The first-order valence-electron chi connectivity index (χ1n) is 7.35. The number of allylic oxidation sites excluding steroid dienone is 1. The van der Waals surface area contributed by atoms with Crippen molar-refractivity contribution >= 4 is 30.6 Å². The molecule has 1 aromatic rings. The summed E-state index contributed by atoms with van der Waals surface area (Å²) in [5.41, 5.74) is 1.48. The third kappa shape index (κ3) is 4.77. The van der Waals surface area contributed by atoms with Crippen LogP contribution in [-0.2, 0) is 9.59 Å². The van der Waals surface area contributed by atoms with E-state index in [-0.39, 0.29) is 11.1 Å². The van der Waals surface area contributed by atoms with Crippen molar-refractivity contribution in [3.05, 3.63) is 41.6 Å². The van der Waals surface area contributed by atoms with Gasteiger partial charge in [-0.1, -0.05) is 6.58 Å². The third-order valence-corrected chi connectivity index (χ3v) is 3.70. The van der Waals surface area contributed by atoms with Gasteiger partial charge in [0.1, 0.15) is 6.29 Å². The molecule has 24 heavy (non-hydrogen) atoms. The van der Waals surface area contributed by atoms with Gasteiger partial charge < -0.3 is 20.3 Å². The zero-order chi connectivity index (χ0) is 18.1. The Morgan fingerprint density at radius 1 is 1.33 bits per heavy atom. The van der Waals surface area contributed by atoms with Crippen LogP contribution in [-0.4, -0.2) is 49.9 Å². The molecule has 1 atom stereocenters. The second-order valence-corrected chi connectivity index (χ2v) is 5.19. The summed E-state index contributed by atoms with van der Waals surface area (Å²) in [7, 11) is 3.24. The number of hydrogen-bond acceptors (Lipinski definition) is 5. The Hall–Kier alpha value is -2.96. The van der Waals surface area contributed by atoms with E-state index in [9.17, 15) is 19.2 Å². The van der Waals surface area contributed by atoms with Gasteiger partial charge in [-0.2, -0.15) is 0 Å². The zero-order valence-electron chi connectivity index (χ0n) is 13.7. The monoisotopic (exact) mass is 331 g/mol. The number of nitrogens with zero attached hydrogens (tertiary/aromatic N) is 1. The number of carbonyl (C=O) groups excluding carboxylic acids is 4. The van der Waals surface area contributed by atoms with Gasteiger partial charge in [0.05, 0.1) is 11.6 Å². The molecule has 0 saturated carbocycles. The van der Waals surface area contributed by atoms with E-state index in [2.05, 4.69) is 17.2 Å². The summed E-state index contributed by atoms with van der Waals surface area (Å²) < 4.78 is 0. The quantitative estimate of drug-likeness (QED) is 0.629. The Balaban J connectivity index is 2.97. The van der Waals surface area contributed by atoms with Crippen molar-refractivity contribution < 1.29 is 19.2 Å². The van der Waals surface area contributed by atoms with Crippen molar-refractivity contribution in [1.29, 1.82) is 0 Å². The Kier molecular flexibility index (Phi) is 7.35. The maximum absolute atomic E-state index is 12.6. The molecule has 128 valence electrons. The molecule has 0 aromatic heterocycles. The summed E-state index contributed by atoms with van der Waals surface area (Å²) in [5, 5.41) is 5.30. The molecule has 0 aliphatic carbocycles. The van der Waals surface area contributed by atoms with Gasteiger partial charge in [0.25, 0.3) is 5.91 Å². The molecule has 0 aliphatic rings. The second-order valence-electron chi connectivity index (χ2n) is 5.19. The van der Waals surface area contributed by atoms with E-state index in [1.165, 1.54) is 30.1 Å². The number of amides is 2. The van der Waals surface area contributed by atoms with E-state index in [1.54, 1.807) is 7.05 Å². The fourth-order valence-electron chi connectivity index (χ4n) is 2.15. The fraction of sp³-hybridized carbons (Fsp3) is 0.294. The van der Waals surface area contributed by atoms with Crippen molar-refractivity contribution in [2.45, 2.75) is 18.9 Å². The van der Waals surface area contributed by atoms with Crippen LogP contribution >= 0.6 is 0 Å². The van der Waals surface area contributed by atoms with Gasteiger partial charge in [-0.3, -0.25) is 14.4 Å². The molecule has 0 fully saturated rings. The van der Waals surface area contributed by atoms with Crippen LogP contribution in [0.2, 0.25) is 0 Å². The van der Waals surface area contributed by atoms with Gasteiger partial charge in [-0.15, -0.1) is 0 Å². The minimum Gasteiger partial charge on any atom is -0.392 e. The molecule has 0 spiro atoms. The molecular weight excluding hydrogens is 310 g/mol. The first-order chi connectivity index (χ1) is 11.5. The van der Waals surface area contributed by atoms with Crippen LogP contribution < -0.4 is 10.6 Å². The standard InChI is InChI=1S/C17H21N3O4/c1-12(18-2)4-6-15(10-22)20(3)17(24)16-7-5-14(19-11-23)8-13(16)9-21/h5,7-11,15,18H,1,4,6H2,2-3H3,(H,19,23). The lowest BCUT2D eigenvalue weighted by molar-refractivity contribution is -0.111. The summed E-state index contributed by atoms with van der Waals surface area (Å²) in [6.45, 7) is 3.78. The lowest BCUT2D eigenvalue weighted by atomic mass is 10.0. The molecule has 1 rings (SSSR count). The van der Waals surface area contributed by atoms with Crippen LogP contribution in [0.15, 0.2) is 30.5 Å². The fourth-order valence-corrected chi connectivity index (χ4v) is 2.15. The highest BCUT2D eigenvalue weighted by Gasteiger charge is 2.22. The molecule has 2 amide bonds. The first kappa shape index (κ1) is 19.1. The number of rotatable bonds is 10. The Morgan fingerprint density at radius 2 is 2.04 bits per heavy atom. The summed E-state index contributed by atoms with van der Waals surface area (Å²) >= 11 is 0. The van der Waals surface area contributed by atoms with E-state index in [0.717, 1.165) is 5.70 Å². The minimum absolute atomic E-state index is 0.142. The van der Waals surface area contributed by atoms with Crippen molar-refractivity contribution in [3.8, 4) is 0 Å². The molecule has 2 N–H and O–H groups in total. The van der Waals surface area contributed by atoms with E-state index in [4.69, 9.17) is 0 Å². The number of nitrogens with one attached hydrogen (secondary N) is 2. The Labute approximate surface area is 140 Å². The van der Waals surface area contributed by atoms with E-state index < -0.39 is 11.9 Å². The molecule has 0 bridgehead atoms. The highest BCUT2D eigenvalue weighted by Crippen LogP contribution is 2.18. The number of hydrogen-bond donors (Lipinski definition) is 2. The highest BCUT2D eigenvalue weighted by molar-refractivity contribution is 6.03. The number of likely N-dealkylation sites (N-methyl/N-ethyl adjacent to an activating group) is 1. The lowest BCUT2D eigenvalue weighted by Crippen LogP contribution is -2.38. The van der Waals surface area contributed by atoms with E-state index in [1.807, 2.05) is 0 Å². The minimum atomic E-state index is -0.630. The Morgan fingerprint density at radius 3 is 2.58 bits per heavy atom. The predicted molar refractivity (Wildman–Crippen MR) is 90.9 cm³/mol. The summed E-state index contributed by atoms with van der Waals surface area (Å²) in [5.74, 6) is -0.443. The van der Waals surface area contributed by atoms with Gasteiger partial charge >= 0.3 is 0 Å². The highest BCUT2D eigenvalue weighted by atomic mass is 16.2. The molecule has 7 heteroatoms. The van der Waals surface area contributed by atoms with Crippen LogP contribution in [0.4, 0.5) is 5.69 Å². The van der Waals surface area contributed by atoms with Gasteiger partial charge in [-0.05, 0) is 31.0 Å². The molecule has 0 aliphatic heterocycles.